The van der Waals surface area contributed by atoms with Gasteiger partial charge in [0, 0.05) is 23.9 Å². The van der Waals surface area contributed by atoms with Crippen LogP contribution in [0.15, 0.2) is 29.0 Å². The Kier molecular flexibility index (Phi) is 3.95. The summed E-state index contributed by atoms with van der Waals surface area (Å²) in [6.07, 6.45) is 3.58. The Bertz CT molecular complexity index is 516. The van der Waals surface area contributed by atoms with E-state index in [0.717, 1.165) is 5.82 Å². The number of hydrogen-bond donors (Lipinski definition) is 1. The second-order valence-corrected chi connectivity index (χ2v) is 5.64. The maximum atomic E-state index is 5.24. The lowest BCUT2D eigenvalue weighted by atomic mass is 9.96. The van der Waals surface area contributed by atoms with Crippen molar-refractivity contribution in [3.63, 3.8) is 0 Å². The zero-order chi connectivity index (χ0) is 13.9. The first-order valence-electron chi connectivity index (χ1n) is 6.43. The lowest BCUT2D eigenvalue weighted by molar-refractivity contribution is 0.349. The molecule has 1 N–H and O–H groups in total. The average molecular weight is 260 g/mol. The molecule has 0 aliphatic carbocycles. The third kappa shape index (κ3) is 3.61. The Balaban J connectivity index is 1.94. The predicted molar refractivity (Wildman–Crippen MR) is 72.5 cm³/mol. The smallest absolute Gasteiger partial charge is 0.240 e. The first-order valence-corrected chi connectivity index (χ1v) is 6.43. The fourth-order valence-electron chi connectivity index (χ4n) is 1.64. The summed E-state index contributed by atoms with van der Waals surface area (Å²) in [7, 11) is 0. The van der Waals surface area contributed by atoms with Crippen LogP contribution in [-0.2, 0) is 12.0 Å². The molecule has 2 heterocycles. The molecule has 0 radical (unpaired) electrons. The molecule has 2 aromatic heterocycles. The first kappa shape index (κ1) is 13.7. The van der Waals surface area contributed by atoms with Crippen LogP contribution in [0.4, 0.5) is 0 Å². The van der Waals surface area contributed by atoms with E-state index in [2.05, 4.69) is 48.1 Å². The van der Waals surface area contributed by atoms with Crippen molar-refractivity contribution in [3.8, 4) is 0 Å². The molecule has 1 atom stereocenters. The van der Waals surface area contributed by atoms with E-state index in [1.54, 1.807) is 12.4 Å². The molecule has 0 spiro atoms. The minimum Gasteiger partial charge on any atom is -0.338 e. The van der Waals surface area contributed by atoms with Gasteiger partial charge in [0.25, 0.3) is 0 Å². The molecule has 2 aromatic rings. The molecule has 0 aromatic carbocycles. The summed E-state index contributed by atoms with van der Waals surface area (Å²) >= 11 is 0. The highest BCUT2D eigenvalue weighted by Crippen LogP contribution is 2.18. The van der Waals surface area contributed by atoms with E-state index in [4.69, 9.17) is 4.52 Å². The van der Waals surface area contributed by atoms with E-state index in [1.165, 1.54) is 5.56 Å². The molecule has 5 heteroatoms. The quantitative estimate of drug-likeness (QED) is 0.915. The highest BCUT2D eigenvalue weighted by molar-refractivity contribution is 5.14. The molecule has 5 nitrogen and oxygen atoms in total. The number of nitrogens with zero attached hydrogens (tertiary/aromatic N) is 3. The van der Waals surface area contributed by atoms with Crippen molar-refractivity contribution in [2.24, 2.45) is 0 Å². The van der Waals surface area contributed by atoms with Crippen molar-refractivity contribution in [1.29, 1.82) is 0 Å². The van der Waals surface area contributed by atoms with Crippen LogP contribution in [0.25, 0.3) is 0 Å². The fourth-order valence-corrected chi connectivity index (χ4v) is 1.64. The monoisotopic (exact) mass is 260 g/mol. The lowest BCUT2D eigenvalue weighted by Crippen LogP contribution is -2.19. The van der Waals surface area contributed by atoms with Gasteiger partial charge >= 0.3 is 0 Å². The summed E-state index contributed by atoms with van der Waals surface area (Å²) < 4.78 is 5.24. The normalized spacial score (nSPS) is 13.5. The topological polar surface area (TPSA) is 63.8 Å². The molecule has 0 bridgehead atoms. The van der Waals surface area contributed by atoms with Gasteiger partial charge in [-0.2, -0.15) is 4.98 Å². The van der Waals surface area contributed by atoms with Crippen molar-refractivity contribution < 1.29 is 4.52 Å². The second-order valence-electron chi connectivity index (χ2n) is 5.64. The van der Waals surface area contributed by atoms with Gasteiger partial charge in [0.05, 0.1) is 6.54 Å². The standard InChI is InChI=1S/C14H20N4O/c1-10(11-5-7-15-8-6-11)16-9-12-17-13(18-19-12)14(2,3)4/h5-8,10,16H,9H2,1-4H3/t10-/m0/s1. The van der Waals surface area contributed by atoms with Gasteiger partial charge in [0.2, 0.25) is 5.89 Å². The Labute approximate surface area is 113 Å². The minimum absolute atomic E-state index is 0.0849. The molecule has 0 aliphatic rings. The van der Waals surface area contributed by atoms with E-state index in [0.29, 0.717) is 12.4 Å². The molecular formula is C14H20N4O. The number of pyridine rings is 1. The van der Waals surface area contributed by atoms with Gasteiger partial charge in [-0.3, -0.25) is 4.98 Å². The number of hydrogen-bond acceptors (Lipinski definition) is 5. The molecule has 0 amide bonds. The van der Waals surface area contributed by atoms with Gasteiger partial charge in [-0.1, -0.05) is 25.9 Å². The van der Waals surface area contributed by atoms with E-state index in [-0.39, 0.29) is 11.5 Å². The van der Waals surface area contributed by atoms with Crippen molar-refractivity contribution in [3.05, 3.63) is 41.8 Å². The number of rotatable bonds is 4. The largest absolute Gasteiger partial charge is 0.338 e. The molecule has 19 heavy (non-hydrogen) atoms. The molecule has 102 valence electrons. The fraction of sp³-hybridized carbons (Fsp3) is 0.500. The lowest BCUT2D eigenvalue weighted by Gasteiger charge is -2.12. The number of aromatic nitrogens is 3. The van der Waals surface area contributed by atoms with E-state index in [9.17, 15) is 0 Å². The summed E-state index contributed by atoms with van der Waals surface area (Å²) in [6, 6.07) is 4.20. The molecule has 0 aliphatic heterocycles. The zero-order valence-electron chi connectivity index (χ0n) is 11.8. The Morgan fingerprint density at radius 2 is 1.95 bits per heavy atom. The van der Waals surface area contributed by atoms with Gasteiger partial charge in [-0.25, -0.2) is 0 Å². The Morgan fingerprint density at radius 1 is 1.26 bits per heavy atom. The van der Waals surface area contributed by atoms with Crippen molar-refractivity contribution in [1.82, 2.24) is 20.4 Å². The van der Waals surface area contributed by atoms with Gasteiger partial charge < -0.3 is 9.84 Å². The van der Waals surface area contributed by atoms with Crippen LogP contribution < -0.4 is 5.32 Å². The van der Waals surface area contributed by atoms with Crippen LogP contribution in [-0.4, -0.2) is 15.1 Å². The Hall–Kier alpha value is -1.75. The molecule has 0 unspecified atom stereocenters. The van der Waals surface area contributed by atoms with Gasteiger partial charge in [0.1, 0.15) is 0 Å². The zero-order valence-corrected chi connectivity index (χ0v) is 11.8. The summed E-state index contributed by atoms with van der Waals surface area (Å²) in [5.41, 5.74) is 1.10. The van der Waals surface area contributed by atoms with E-state index < -0.39 is 0 Å². The summed E-state index contributed by atoms with van der Waals surface area (Å²) in [5, 5.41) is 7.36. The highest BCUT2D eigenvalue weighted by Gasteiger charge is 2.20. The van der Waals surface area contributed by atoms with Crippen LogP contribution >= 0.6 is 0 Å². The van der Waals surface area contributed by atoms with Gasteiger partial charge in [-0.05, 0) is 24.6 Å². The minimum atomic E-state index is -0.0849. The van der Waals surface area contributed by atoms with Crippen LogP contribution in [0.3, 0.4) is 0 Å². The summed E-state index contributed by atoms with van der Waals surface area (Å²) in [6.45, 7) is 8.85. The van der Waals surface area contributed by atoms with Crippen LogP contribution in [0, 0.1) is 0 Å². The first-order chi connectivity index (χ1) is 8.97. The summed E-state index contributed by atoms with van der Waals surface area (Å²) in [4.78, 5) is 8.40. The molecular weight excluding hydrogens is 240 g/mol. The van der Waals surface area contributed by atoms with E-state index >= 15 is 0 Å². The van der Waals surface area contributed by atoms with Crippen molar-refractivity contribution in [2.75, 3.05) is 0 Å². The van der Waals surface area contributed by atoms with Crippen LogP contribution in [0.2, 0.25) is 0 Å². The molecule has 0 saturated heterocycles. The van der Waals surface area contributed by atoms with Crippen LogP contribution in [0.5, 0.6) is 0 Å². The number of nitrogens with one attached hydrogen (secondary N) is 1. The molecule has 0 fully saturated rings. The average Bonchev–Trinajstić information content (AvgIpc) is 2.86. The Morgan fingerprint density at radius 3 is 2.53 bits per heavy atom. The maximum absolute atomic E-state index is 5.24. The third-order valence-corrected chi connectivity index (χ3v) is 2.90. The predicted octanol–water partition coefficient (Wildman–Crippen LogP) is 2.61. The summed E-state index contributed by atoms with van der Waals surface area (Å²) in [5.74, 6) is 1.35. The van der Waals surface area contributed by atoms with E-state index in [1.807, 2.05) is 12.1 Å². The molecule has 0 saturated carbocycles. The van der Waals surface area contributed by atoms with Gasteiger partial charge in [-0.15, -0.1) is 0 Å². The molecule has 2 rings (SSSR count). The highest BCUT2D eigenvalue weighted by atomic mass is 16.5. The van der Waals surface area contributed by atoms with Crippen molar-refractivity contribution >= 4 is 0 Å². The van der Waals surface area contributed by atoms with Gasteiger partial charge in [0.15, 0.2) is 5.82 Å². The third-order valence-electron chi connectivity index (χ3n) is 2.90. The second kappa shape index (κ2) is 5.48. The SMILES string of the molecule is C[C@H](NCc1nc(C(C)(C)C)no1)c1ccncc1. The van der Waals surface area contributed by atoms with Crippen LogP contribution in [0.1, 0.15) is 51.0 Å². The van der Waals surface area contributed by atoms with Crippen molar-refractivity contribution in [2.45, 2.75) is 45.7 Å². The maximum Gasteiger partial charge on any atom is 0.240 e.